The normalized spacial score (nSPS) is 22.1. The first-order valence-electron chi connectivity index (χ1n) is 8.17. The van der Waals surface area contributed by atoms with E-state index in [-0.39, 0.29) is 30.0 Å². The molecule has 3 rings (SSSR count). The van der Waals surface area contributed by atoms with Gasteiger partial charge < -0.3 is 15.0 Å². The van der Waals surface area contributed by atoms with Crippen molar-refractivity contribution >= 4 is 18.3 Å². The van der Waals surface area contributed by atoms with Crippen LogP contribution in [0.4, 0.5) is 8.78 Å². The van der Waals surface area contributed by atoms with Gasteiger partial charge in [-0.1, -0.05) is 0 Å². The molecule has 0 aromatic heterocycles. The zero-order valence-electron chi connectivity index (χ0n) is 13.7. The van der Waals surface area contributed by atoms with Gasteiger partial charge in [0, 0.05) is 13.1 Å². The van der Waals surface area contributed by atoms with Gasteiger partial charge in [0.1, 0.15) is 11.6 Å². The summed E-state index contributed by atoms with van der Waals surface area (Å²) in [5, 5.41) is 3.21. The second-order valence-electron chi connectivity index (χ2n) is 6.31. The monoisotopic (exact) mass is 360 g/mol. The van der Waals surface area contributed by atoms with Gasteiger partial charge >= 0.3 is 0 Å². The number of ether oxygens (including phenoxy) is 1. The lowest BCUT2D eigenvalue weighted by molar-refractivity contribution is -0.0126. The van der Waals surface area contributed by atoms with Crippen LogP contribution < -0.4 is 5.32 Å². The minimum Gasteiger partial charge on any atom is -0.375 e. The Morgan fingerprint density at radius 3 is 2.62 bits per heavy atom. The molecule has 24 heavy (non-hydrogen) atoms. The molecular weight excluding hydrogens is 338 g/mol. The maximum Gasteiger partial charge on any atom is 0.257 e. The van der Waals surface area contributed by atoms with Crippen LogP contribution in [-0.2, 0) is 4.74 Å². The Labute approximate surface area is 147 Å². The summed E-state index contributed by atoms with van der Waals surface area (Å²) >= 11 is 0. The predicted octanol–water partition coefficient (Wildman–Crippen LogP) is 2.71. The topological polar surface area (TPSA) is 41.6 Å². The molecule has 0 aliphatic carbocycles. The van der Waals surface area contributed by atoms with E-state index >= 15 is 0 Å². The van der Waals surface area contributed by atoms with Crippen LogP contribution in [-0.4, -0.2) is 49.7 Å². The summed E-state index contributed by atoms with van der Waals surface area (Å²) in [6.07, 6.45) is 1.48. The third-order valence-electron chi connectivity index (χ3n) is 4.62. The highest BCUT2D eigenvalue weighted by Crippen LogP contribution is 2.29. The third kappa shape index (κ3) is 4.05. The van der Waals surface area contributed by atoms with E-state index in [2.05, 4.69) is 5.32 Å². The molecule has 0 saturated carbocycles. The van der Waals surface area contributed by atoms with E-state index in [4.69, 9.17) is 4.74 Å². The van der Waals surface area contributed by atoms with Gasteiger partial charge in [-0.3, -0.25) is 4.79 Å². The van der Waals surface area contributed by atoms with Crippen molar-refractivity contribution in [2.24, 2.45) is 0 Å². The van der Waals surface area contributed by atoms with Crippen molar-refractivity contribution in [3.05, 3.63) is 34.9 Å². The number of morpholine rings is 1. The van der Waals surface area contributed by atoms with Crippen LogP contribution in [0.2, 0.25) is 0 Å². The number of rotatable bonds is 2. The first-order valence-corrected chi connectivity index (χ1v) is 8.17. The average molecular weight is 361 g/mol. The average Bonchev–Trinajstić information content (AvgIpc) is 2.57. The van der Waals surface area contributed by atoms with Gasteiger partial charge in [-0.05, 0) is 56.5 Å². The van der Waals surface area contributed by atoms with Crippen LogP contribution in [0, 0.1) is 11.6 Å². The Hall–Kier alpha value is -1.24. The number of nitrogens with zero attached hydrogens (tertiary/aromatic N) is 1. The molecule has 1 N–H and O–H groups in total. The highest BCUT2D eigenvalue weighted by Gasteiger charge is 2.27. The summed E-state index contributed by atoms with van der Waals surface area (Å²) in [4.78, 5) is 14.0. The summed E-state index contributed by atoms with van der Waals surface area (Å²) in [7, 11) is 0. The summed E-state index contributed by atoms with van der Waals surface area (Å²) in [5.41, 5.74) is 0.199. The van der Waals surface area contributed by atoms with Crippen molar-refractivity contribution in [3.8, 4) is 0 Å². The number of piperidine rings is 1. The number of amides is 1. The van der Waals surface area contributed by atoms with Crippen molar-refractivity contribution in [3.63, 3.8) is 0 Å². The molecule has 134 valence electrons. The molecule has 0 radical (unpaired) electrons. The smallest absolute Gasteiger partial charge is 0.257 e. The van der Waals surface area contributed by atoms with Gasteiger partial charge in [-0.25, -0.2) is 8.78 Å². The molecule has 1 unspecified atom stereocenters. The zero-order valence-corrected chi connectivity index (χ0v) is 14.5. The van der Waals surface area contributed by atoms with Crippen LogP contribution in [0.15, 0.2) is 12.1 Å². The molecule has 1 atom stereocenters. The molecule has 0 bridgehead atoms. The third-order valence-corrected chi connectivity index (χ3v) is 4.62. The molecule has 2 saturated heterocycles. The second-order valence-corrected chi connectivity index (χ2v) is 6.31. The van der Waals surface area contributed by atoms with Gasteiger partial charge in [0.2, 0.25) is 0 Å². The molecule has 2 aliphatic rings. The van der Waals surface area contributed by atoms with Crippen LogP contribution in [0.3, 0.4) is 0 Å². The summed E-state index contributed by atoms with van der Waals surface area (Å²) < 4.78 is 34.2. The number of carbonyl (C=O) groups is 1. The lowest BCUT2D eigenvalue weighted by Crippen LogP contribution is -2.44. The SMILES string of the molecule is CC1CN(C(=O)c2cc(F)c(C3CCNCC3)cc2F)CCO1.Cl. The first kappa shape index (κ1) is 19.1. The van der Waals surface area contributed by atoms with Gasteiger partial charge in [-0.15, -0.1) is 12.4 Å². The minimum atomic E-state index is -0.635. The van der Waals surface area contributed by atoms with Gasteiger partial charge in [0.05, 0.1) is 18.3 Å². The van der Waals surface area contributed by atoms with Crippen LogP contribution in [0.5, 0.6) is 0 Å². The highest BCUT2D eigenvalue weighted by atomic mass is 35.5. The van der Waals surface area contributed by atoms with E-state index in [9.17, 15) is 13.6 Å². The van der Waals surface area contributed by atoms with Gasteiger partial charge in [0.15, 0.2) is 0 Å². The molecule has 2 fully saturated rings. The molecule has 1 amide bonds. The molecular formula is C17H23ClF2N2O2. The Kier molecular flexibility index (Phi) is 6.54. The fourth-order valence-corrected chi connectivity index (χ4v) is 3.35. The number of nitrogens with one attached hydrogen (secondary N) is 1. The first-order chi connectivity index (χ1) is 11.1. The Bertz CT molecular complexity index is 594. The number of halogens is 3. The van der Waals surface area contributed by atoms with E-state index < -0.39 is 17.5 Å². The maximum absolute atomic E-state index is 14.4. The number of carbonyl (C=O) groups excluding carboxylic acids is 1. The Balaban J connectivity index is 0.00000208. The summed E-state index contributed by atoms with van der Waals surface area (Å²) in [6.45, 7) is 4.69. The lowest BCUT2D eigenvalue weighted by atomic mass is 9.89. The van der Waals surface area contributed by atoms with Crippen LogP contribution in [0.25, 0.3) is 0 Å². The van der Waals surface area contributed by atoms with Crippen molar-refractivity contribution < 1.29 is 18.3 Å². The van der Waals surface area contributed by atoms with E-state index in [1.54, 1.807) is 0 Å². The summed E-state index contributed by atoms with van der Waals surface area (Å²) in [6, 6.07) is 2.28. The molecule has 2 aliphatic heterocycles. The second kappa shape index (κ2) is 8.23. The molecule has 0 spiro atoms. The molecule has 1 aromatic carbocycles. The molecule has 1 aromatic rings. The standard InChI is InChI=1S/C17H22F2N2O2.ClH/c1-11-10-21(6-7-23-11)17(22)14-9-15(18)13(8-16(14)19)12-2-4-20-5-3-12;/h8-9,11-12,20H,2-7,10H2,1H3;1H. The predicted molar refractivity (Wildman–Crippen MR) is 89.8 cm³/mol. The Morgan fingerprint density at radius 1 is 1.25 bits per heavy atom. The minimum absolute atomic E-state index is 0. The van der Waals surface area contributed by atoms with Crippen molar-refractivity contribution in [2.75, 3.05) is 32.8 Å². The van der Waals surface area contributed by atoms with E-state index in [0.717, 1.165) is 32.0 Å². The van der Waals surface area contributed by atoms with Crippen molar-refractivity contribution in [1.29, 1.82) is 0 Å². The van der Waals surface area contributed by atoms with Gasteiger partial charge in [0.25, 0.3) is 5.91 Å². The number of hydrogen-bond donors (Lipinski definition) is 1. The molecule has 4 nitrogen and oxygen atoms in total. The quantitative estimate of drug-likeness (QED) is 0.881. The van der Waals surface area contributed by atoms with E-state index in [1.807, 2.05) is 6.92 Å². The van der Waals surface area contributed by atoms with Crippen LogP contribution in [0.1, 0.15) is 41.6 Å². The maximum atomic E-state index is 14.4. The van der Waals surface area contributed by atoms with E-state index in [1.165, 1.54) is 11.0 Å². The fourth-order valence-electron chi connectivity index (χ4n) is 3.35. The van der Waals surface area contributed by atoms with Gasteiger partial charge in [-0.2, -0.15) is 0 Å². The van der Waals surface area contributed by atoms with E-state index in [0.29, 0.717) is 25.3 Å². The van der Waals surface area contributed by atoms with Crippen molar-refractivity contribution in [1.82, 2.24) is 10.2 Å². The number of hydrogen-bond acceptors (Lipinski definition) is 3. The van der Waals surface area contributed by atoms with Crippen LogP contribution >= 0.6 is 12.4 Å². The molecule has 7 heteroatoms. The fraction of sp³-hybridized carbons (Fsp3) is 0.588. The largest absolute Gasteiger partial charge is 0.375 e. The number of benzene rings is 1. The lowest BCUT2D eigenvalue weighted by Gasteiger charge is -2.31. The molecule has 2 heterocycles. The Morgan fingerprint density at radius 2 is 1.96 bits per heavy atom. The van der Waals surface area contributed by atoms with Crippen molar-refractivity contribution in [2.45, 2.75) is 31.8 Å². The zero-order chi connectivity index (χ0) is 16.4. The summed E-state index contributed by atoms with van der Waals surface area (Å²) in [5.74, 6) is -1.57. The highest BCUT2D eigenvalue weighted by molar-refractivity contribution is 5.94.